The Bertz CT molecular complexity index is 878. The van der Waals surface area contributed by atoms with Crippen LogP contribution in [0.1, 0.15) is 23.7 Å². The molecule has 0 unspecified atom stereocenters. The molecule has 146 valence electrons. The van der Waals surface area contributed by atoms with Crippen molar-refractivity contribution in [2.24, 2.45) is 0 Å². The van der Waals surface area contributed by atoms with E-state index in [1.54, 1.807) is 0 Å². The van der Waals surface area contributed by atoms with Crippen molar-refractivity contribution in [1.29, 1.82) is 0 Å². The Kier molecular flexibility index (Phi) is 5.21. The summed E-state index contributed by atoms with van der Waals surface area (Å²) in [6.07, 6.45) is 2.15. The van der Waals surface area contributed by atoms with Crippen molar-refractivity contribution in [3.8, 4) is 0 Å². The highest BCUT2D eigenvalue weighted by atomic mass is 16.5. The highest BCUT2D eigenvalue weighted by molar-refractivity contribution is 5.88. The first-order valence-corrected chi connectivity index (χ1v) is 9.40. The lowest BCUT2D eigenvalue weighted by molar-refractivity contribution is -0.131. The summed E-state index contributed by atoms with van der Waals surface area (Å²) in [5.41, 5.74) is 3.57. The lowest BCUT2D eigenvalue weighted by Crippen LogP contribution is -2.37. The van der Waals surface area contributed by atoms with Crippen LogP contribution in [0.15, 0.2) is 30.5 Å². The van der Waals surface area contributed by atoms with Crippen molar-refractivity contribution in [3.05, 3.63) is 47.3 Å². The van der Waals surface area contributed by atoms with Crippen LogP contribution >= 0.6 is 0 Å². The van der Waals surface area contributed by atoms with E-state index in [2.05, 4.69) is 20.2 Å². The predicted octanol–water partition coefficient (Wildman–Crippen LogP) is 1.36. The molecule has 0 aliphatic carbocycles. The number of hydrogen-bond donors (Lipinski definition) is 1. The Morgan fingerprint density at radius 3 is 2.61 bits per heavy atom. The van der Waals surface area contributed by atoms with Crippen LogP contribution in [0.5, 0.6) is 0 Å². The van der Waals surface area contributed by atoms with Crippen molar-refractivity contribution >= 4 is 23.5 Å². The zero-order valence-corrected chi connectivity index (χ0v) is 15.9. The molecule has 1 N–H and O–H groups in total. The number of carbonyl (C=O) groups excluding carboxylic acids is 2. The van der Waals surface area contributed by atoms with E-state index < -0.39 is 0 Å². The van der Waals surface area contributed by atoms with Gasteiger partial charge in [0.2, 0.25) is 17.8 Å². The van der Waals surface area contributed by atoms with Crippen LogP contribution in [0.2, 0.25) is 0 Å². The summed E-state index contributed by atoms with van der Waals surface area (Å²) in [6.45, 7) is 5.47. The van der Waals surface area contributed by atoms with E-state index >= 15 is 0 Å². The number of nitrogens with zero attached hydrogens (tertiary/aromatic N) is 4. The topological polar surface area (TPSA) is 87.7 Å². The van der Waals surface area contributed by atoms with Crippen molar-refractivity contribution in [2.45, 2.75) is 26.4 Å². The highest BCUT2D eigenvalue weighted by Gasteiger charge is 2.26. The number of rotatable bonds is 4. The van der Waals surface area contributed by atoms with Gasteiger partial charge >= 0.3 is 0 Å². The van der Waals surface area contributed by atoms with Crippen LogP contribution in [-0.4, -0.2) is 53.0 Å². The van der Waals surface area contributed by atoms with E-state index in [1.165, 1.54) is 6.92 Å². The number of ether oxygens (including phenoxy) is 1. The molecule has 0 spiro atoms. The first-order chi connectivity index (χ1) is 13.6. The first-order valence-electron chi connectivity index (χ1n) is 9.40. The summed E-state index contributed by atoms with van der Waals surface area (Å²) in [6, 6.07) is 7.34. The Hall–Kier alpha value is -3.00. The van der Waals surface area contributed by atoms with Gasteiger partial charge in [-0.1, -0.05) is 12.1 Å². The highest BCUT2D eigenvalue weighted by Crippen LogP contribution is 2.23. The molecule has 2 aliphatic rings. The van der Waals surface area contributed by atoms with E-state index in [9.17, 15) is 9.59 Å². The fourth-order valence-electron chi connectivity index (χ4n) is 3.43. The monoisotopic (exact) mass is 381 g/mol. The molecule has 8 heteroatoms. The number of anilines is 2. The SMILES string of the molecule is CC(=O)Nc1ccc(CC(=O)N2Cc3cnc(N4CCOCC4)nc3C2)cc1. The molecule has 1 fully saturated rings. The van der Waals surface area contributed by atoms with Crippen LogP contribution in [0.3, 0.4) is 0 Å². The van der Waals surface area contributed by atoms with Crippen LogP contribution in [-0.2, 0) is 33.8 Å². The molecule has 0 bridgehead atoms. The van der Waals surface area contributed by atoms with Crippen LogP contribution < -0.4 is 10.2 Å². The average molecular weight is 381 g/mol. The lowest BCUT2D eigenvalue weighted by atomic mass is 10.1. The van der Waals surface area contributed by atoms with Crippen LogP contribution in [0, 0.1) is 0 Å². The summed E-state index contributed by atoms with van der Waals surface area (Å²) in [4.78, 5) is 36.9. The minimum absolute atomic E-state index is 0.0539. The summed E-state index contributed by atoms with van der Waals surface area (Å²) >= 11 is 0. The van der Waals surface area contributed by atoms with Gasteiger partial charge in [0.05, 0.1) is 31.9 Å². The smallest absolute Gasteiger partial charge is 0.227 e. The molecule has 1 aromatic heterocycles. The maximum Gasteiger partial charge on any atom is 0.227 e. The number of fused-ring (bicyclic) bond motifs is 1. The van der Waals surface area contributed by atoms with Crippen molar-refractivity contribution in [3.63, 3.8) is 0 Å². The molecule has 3 heterocycles. The Morgan fingerprint density at radius 1 is 1.14 bits per heavy atom. The number of nitrogens with one attached hydrogen (secondary N) is 1. The van der Waals surface area contributed by atoms with Crippen molar-refractivity contribution in [2.75, 3.05) is 36.5 Å². The Balaban J connectivity index is 1.38. The summed E-state index contributed by atoms with van der Waals surface area (Å²) in [7, 11) is 0. The number of benzene rings is 1. The van der Waals surface area contributed by atoms with E-state index in [0.29, 0.717) is 38.7 Å². The molecule has 2 amide bonds. The Labute approximate surface area is 163 Å². The van der Waals surface area contributed by atoms with E-state index in [1.807, 2.05) is 35.4 Å². The summed E-state index contributed by atoms with van der Waals surface area (Å²) < 4.78 is 5.37. The van der Waals surface area contributed by atoms with Gasteiger partial charge in [-0.2, -0.15) is 0 Å². The molecule has 0 radical (unpaired) electrons. The standard InChI is InChI=1S/C20H23N5O3/c1-14(26)22-17-4-2-15(3-5-17)10-19(27)25-12-16-11-21-20(23-18(16)13-25)24-6-8-28-9-7-24/h2-5,11H,6-10,12-13H2,1H3,(H,22,26). The molecule has 0 saturated carbocycles. The second-order valence-corrected chi connectivity index (χ2v) is 7.05. The van der Waals surface area contributed by atoms with Crippen molar-refractivity contribution < 1.29 is 14.3 Å². The van der Waals surface area contributed by atoms with Crippen LogP contribution in [0.25, 0.3) is 0 Å². The number of amides is 2. The van der Waals surface area contributed by atoms with E-state index in [0.717, 1.165) is 35.6 Å². The second kappa shape index (κ2) is 7.93. The molecule has 4 rings (SSSR count). The van der Waals surface area contributed by atoms with Gasteiger partial charge in [-0.3, -0.25) is 9.59 Å². The third-order valence-corrected chi connectivity index (χ3v) is 4.92. The number of hydrogen-bond acceptors (Lipinski definition) is 6. The molecule has 2 aliphatic heterocycles. The summed E-state index contributed by atoms with van der Waals surface area (Å²) in [5.74, 6) is 0.652. The third-order valence-electron chi connectivity index (χ3n) is 4.92. The molecular weight excluding hydrogens is 358 g/mol. The molecule has 28 heavy (non-hydrogen) atoms. The van der Waals surface area contributed by atoms with Gasteiger partial charge in [0, 0.05) is 44.0 Å². The van der Waals surface area contributed by atoms with E-state index in [4.69, 9.17) is 4.74 Å². The fourth-order valence-corrected chi connectivity index (χ4v) is 3.43. The van der Waals surface area contributed by atoms with E-state index in [-0.39, 0.29) is 11.8 Å². The molecule has 1 aromatic carbocycles. The number of aromatic nitrogens is 2. The zero-order valence-electron chi connectivity index (χ0n) is 15.9. The quantitative estimate of drug-likeness (QED) is 0.860. The van der Waals surface area contributed by atoms with Gasteiger partial charge in [-0.05, 0) is 17.7 Å². The largest absolute Gasteiger partial charge is 0.378 e. The van der Waals surface area contributed by atoms with Gasteiger partial charge in [0.1, 0.15) is 0 Å². The zero-order chi connectivity index (χ0) is 19.5. The molecule has 2 aromatic rings. The lowest BCUT2D eigenvalue weighted by Gasteiger charge is -2.26. The van der Waals surface area contributed by atoms with Crippen molar-refractivity contribution in [1.82, 2.24) is 14.9 Å². The van der Waals surface area contributed by atoms with Gasteiger partial charge in [0.25, 0.3) is 0 Å². The van der Waals surface area contributed by atoms with Gasteiger partial charge in [0.15, 0.2) is 0 Å². The molecular formula is C20H23N5O3. The number of carbonyl (C=O) groups is 2. The number of morpholine rings is 1. The van der Waals surface area contributed by atoms with Gasteiger partial charge in [-0.15, -0.1) is 0 Å². The first kappa shape index (κ1) is 18.4. The minimum Gasteiger partial charge on any atom is -0.378 e. The minimum atomic E-state index is -0.115. The Morgan fingerprint density at radius 2 is 1.89 bits per heavy atom. The molecule has 0 atom stereocenters. The molecule has 1 saturated heterocycles. The van der Waals surface area contributed by atoms with Gasteiger partial charge < -0.3 is 19.9 Å². The van der Waals surface area contributed by atoms with Gasteiger partial charge in [-0.25, -0.2) is 9.97 Å². The third kappa shape index (κ3) is 4.12. The second-order valence-electron chi connectivity index (χ2n) is 7.05. The maximum absolute atomic E-state index is 12.7. The summed E-state index contributed by atoms with van der Waals surface area (Å²) in [5, 5.41) is 2.72. The normalized spacial score (nSPS) is 16.0. The molecule has 8 nitrogen and oxygen atoms in total. The predicted molar refractivity (Wildman–Crippen MR) is 104 cm³/mol. The average Bonchev–Trinajstić information content (AvgIpc) is 3.13. The maximum atomic E-state index is 12.7. The fraction of sp³-hybridized carbons (Fsp3) is 0.400. The van der Waals surface area contributed by atoms with Crippen LogP contribution in [0.4, 0.5) is 11.6 Å².